The zero-order valence-electron chi connectivity index (χ0n) is 11.1. The van der Waals surface area contributed by atoms with Crippen LogP contribution in [0.15, 0.2) is 22.7 Å². The van der Waals surface area contributed by atoms with E-state index in [2.05, 4.69) is 32.9 Å². The van der Waals surface area contributed by atoms with Crippen LogP contribution >= 0.6 is 15.9 Å². The largest absolute Gasteiger partial charge is 0.573 e. The van der Waals surface area contributed by atoms with E-state index in [1.165, 1.54) is 25.3 Å². The third kappa shape index (κ3) is 4.58. The summed E-state index contributed by atoms with van der Waals surface area (Å²) in [5, 5.41) is 3.31. The smallest absolute Gasteiger partial charge is 0.405 e. The Labute approximate surface area is 124 Å². The minimum Gasteiger partial charge on any atom is -0.405 e. The van der Waals surface area contributed by atoms with Gasteiger partial charge in [-0.05, 0) is 53.4 Å². The Kier molecular flexibility index (Phi) is 4.83. The highest BCUT2D eigenvalue weighted by Gasteiger charge is 2.32. The van der Waals surface area contributed by atoms with Crippen LogP contribution in [0.1, 0.15) is 32.6 Å². The molecule has 0 aromatic heterocycles. The summed E-state index contributed by atoms with van der Waals surface area (Å²) in [6.45, 7) is 2.09. The Morgan fingerprint density at radius 2 is 2.10 bits per heavy atom. The summed E-state index contributed by atoms with van der Waals surface area (Å²) in [5.74, 6) is 0.559. The predicted octanol–water partition coefficient (Wildman–Crippen LogP) is 5.34. The number of ether oxygens (including phenoxy) is 1. The van der Waals surface area contributed by atoms with Crippen molar-refractivity contribution >= 4 is 21.6 Å². The molecule has 2 nitrogen and oxygen atoms in total. The Morgan fingerprint density at radius 3 is 2.60 bits per heavy atom. The fourth-order valence-corrected chi connectivity index (χ4v) is 2.83. The molecule has 1 aliphatic carbocycles. The molecule has 0 aliphatic heterocycles. The van der Waals surface area contributed by atoms with Gasteiger partial charge in [-0.2, -0.15) is 0 Å². The highest BCUT2D eigenvalue weighted by atomic mass is 79.9. The van der Waals surface area contributed by atoms with Crippen LogP contribution in [0.3, 0.4) is 0 Å². The van der Waals surface area contributed by atoms with E-state index in [0.29, 0.717) is 6.04 Å². The first-order valence-corrected chi connectivity index (χ1v) is 7.44. The zero-order valence-corrected chi connectivity index (χ0v) is 12.7. The lowest BCUT2D eigenvalue weighted by atomic mass is 9.81. The normalized spacial score (nSPS) is 17.4. The van der Waals surface area contributed by atoms with Gasteiger partial charge in [0, 0.05) is 11.7 Å². The van der Waals surface area contributed by atoms with Crippen LogP contribution in [0.4, 0.5) is 18.9 Å². The van der Waals surface area contributed by atoms with E-state index in [0.717, 1.165) is 18.0 Å². The summed E-state index contributed by atoms with van der Waals surface area (Å²) in [5.41, 5.74) is 0.790. The standard InChI is InChI=1S/C14H17BrF3NO/c1-9(7-10-3-2-4-10)19-11-5-6-13(12(15)8-11)20-14(16,17)18/h5-6,8-10,19H,2-4,7H2,1H3. The summed E-state index contributed by atoms with van der Waals surface area (Å²) in [7, 11) is 0. The molecule has 0 radical (unpaired) electrons. The van der Waals surface area contributed by atoms with Gasteiger partial charge in [0.25, 0.3) is 0 Å². The molecule has 20 heavy (non-hydrogen) atoms. The van der Waals surface area contributed by atoms with Crippen molar-refractivity contribution in [2.75, 3.05) is 5.32 Å². The lowest BCUT2D eigenvalue weighted by molar-refractivity contribution is -0.274. The molecule has 1 aliphatic rings. The number of nitrogens with one attached hydrogen (secondary N) is 1. The maximum atomic E-state index is 12.2. The molecule has 0 spiro atoms. The molecule has 0 bridgehead atoms. The van der Waals surface area contributed by atoms with Crippen LogP contribution < -0.4 is 10.1 Å². The maximum Gasteiger partial charge on any atom is 0.573 e. The van der Waals surface area contributed by atoms with Gasteiger partial charge in [0.05, 0.1) is 4.47 Å². The predicted molar refractivity (Wildman–Crippen MR) is 75.9 cm³/mol. The first-order valence-electron chi connectivity index (χ1n) is 6.65. The molecule has 112 valence electrons. The molecular weight excluding hydrogens is 335 g/mol. The number of benzene rings is 1. The Bertz CT molecular complexity index is 460. The van der Waals surface area contributed by atoms with E-state index in [4.69, 9.17) is 0 Å². The van der Waals surface area contributed by atoms with E-state index >= 15 is 0 Å². The summed E-state index contributed by atoms with van der Waals surface area (Å²) in [6.07, 6.45) is 0.308. The molecule has 1 unspecified atom stereocenters. The molecule has 1 atom stereocenters. The maximum absolute atomic E-state index is 12.2. The second-order valence-electron chi connectivity index (χ2n) is 5.27. The average Bonchev–Trinajstić information content (AvgIpc) is 2.26. The van der Waals surface area contributed by atoms with Gasteiger partial charge in [-0.25, -0.2) is 0 Å². The first-order chi connectivity index (χ1) is 9.33. The lowest BCUT2D eigenvalue weighted by Crippen LogP contribution is -2.23. The summed E-state index contributed by atoms with van der Waals surface area (Å²) < 4.78 is 40.7. The van der Waals surface area contributed by atoms with Crippen LogP contribution in [0, 0.1) is 5.92 Å². The summed E-state index contributed by atoms with van der Waals surface area (Å²) in [6, 6.07) is 4.83. The fraction of sp³-hybridized carbons (Fsp3) is 0.571. The van der Waals surface area contributed by atoms with E-state index in [1.807, 2.05) is 0 Å². The molecule has 6 heteroatoms. The van der Waals surface area contributed by atoms with E-state index in [9.17, 15) is 13.2 Å². The molecule has 0 saturated heterocycles. The number of alkyl halides is 3. The van der Waals surface area contributed by atoms with Crippen LogP contribution in [0.25, 0.3) is 0 Å². The van der Waals surface area contributed by atoms with Gasteiger partial charge in [-0.1, -0.05) is 19.3 Å². The summed E-state index contributed by atoms with van der Waals surface area (Å²) in [4.78, 5) is 0. The van der Waals surface area contributed by atoms with E-state index < -0.39 is 6.36 Å². The van der Waals surface area contributed by atoms with Crippen molar-refractivity contribution in [3.05, 3.63) is 22.7 Å². The molecule has 1 saturated carbocycles. The second-order valence-corrected chi connectivity index (χ2v) is 6.13. The van der Waals surface area contributed by atoms with Gasteiger partial charge < -0.3 is 10.1 Å². The second kappa shape index (κ2) is 6.24. The summed E-state index contributed by atoms with van der Waals surface area (Å²) >= 11 is 3.10. The topological polar surface area (TPSA) is 21.3 Å². The number of hydrogen-bond acceptors (Lipinski definition) is 2. The van der Waals surface area contributed by atoms with Crippen LogP contribution in [-0.4, -0.2) is 12.4 Å². The SMILES string of the molecule is CC(CC1CCC1)Nc1ccc(OC(F)(F)F)c(Br)c1. The minimum absolute atomic E-state index is 0.227. The molecular formula is C14H17BrF3NO. The molecule has 1 N–H and O–H groups in total. The third-order valence-electron chi connectivity index (χ3n) is 3.48. The van der Waals surface area contributed by atoms with Crippen molar-refractivity contribution in [3.8, 4) is 5.75 Å². The van der Waals surface area contributed by atoms with Crippen molar-refractivity contribution in [1.82, 2.24) is 0 Å². The quantitative estimate of drug-likeness (QED) is 0.773. The van der Waals surface area contributed by atoms with Gasteiger partial charge in [-0.3, -0.25) is 0 Å². The Hall–Kier alpha value is -0.910. The Morgan fingerprint density at radius 1 is 1.40 bits per heavy atom. The number of halogens is 4. The van der Waals surface area contributed by atoms with Gasteiger partial charge >= 0.3 is 6.36 Å². The van der Waals surface area contributed by atoms with Gasteiger partial charge in [0.15, 0.2) is 0 Å². The fourth-order valence-electron chi connectivity index (χ4n) is 2.37. The van der Waals surface area contributed by atoms with Crippen molar-refractivity contribution in [3.63, 3.8) is 0 Å². The molecule has 2 rings (SSSR count). The average molecular weight is 352 g/mol. The van der Waals surface area contributed by atoms with E-state index in [-0.39, 0.29) is 10.2 Å². The van der Waals surface area contributed by atoms with Gasteiger partial charge in [0.2, 0.25) is 0 Å². The third-order valence-corrected chi connectivity index (χ3v) is 4.10. The number of rotatable bonds is 5. The molecule has 1 fully saturated rings. The Balaban J connectivity index is 1.93. The first kappa shape index (κ1) is 15.5. The van der Waals surface area contributed by atoms with Crippen molar-refractivity contribution in [2.24, 2.45) is 5.92 Å². The van der Waals surface area contributed by atoms with Crippen molar-refractivity contribution < 1.29 is 17.9 Å². The lowest BCUT2D eigenvalue weighted by Gasteiger charge is -2.29. The van der Waals surface area contributed by atoms with Crippen LogP contribution in [0.5, 0.6) is 5.75 Å². The number of anilines is 1. The van der Waals surface area contributed by atoms with Gasteiger partial charge in [0.1, 0.15) is 5.75 Å². The number of hydrogen-bond donors (Lipinski definition) is 1. The van der Waals surface area contributed by atoms with Crippen molar-refractivity contribution in [1.29, 1.82) is 0 Å². The van der Waals surface area contributed by atoms with Gasteiger partial charge in [-0.15, -0.1) is 13.2 Å². The molecule has 0 heterocycles. The molecule has 0 amide bonds. The minimum atomic E-state index is -4.67. The molecule has 1 aromatic carbocycles. The highest BCUT2D eigenvalue weighted by molar-refractivity contribution is 9.10. The van der Waals surface area contributed by atoms with E-state index in [1.54, 1.807) is 12.1 Å². The van der Waals surface area contributed by atoms with Crippen LogP contribution in [0.2, 0.25) is 0 Å². The van der Waals surface area contributed by atoms with Crippen molar-refractivity contribution in [2.45, 2.75) is 45.0 Å². The highest BCUT2D eigenvalue weighted by Crippen LogP contribution is 2.34. The zero-order chi connectivity index (χ0) is 14.8. The van der Waals surface area contributed by atoms with Crippen LogP contribution in [-0.2, 0) is 0 Å². The molecule has 1 aromatic rings. The monoisotopic (exact) mass is 351 g/mol.